The van der Waals surface area contributed by atoms with Crippen LogP contribution in [-0.4, -0.2) is 6.36 Å². The molecule has 0 saturated carbocycles. The van der Waals surface area contributed by atoms with E-state index in [9.17, 15) is 35.1 Å². The van der Waals surface area contributed by atoms with Crippen LogP contribution in [0.1, 0.15) is 42.0 Å². The second-order valence-corrected chi connectivity index (χ2v) is 8.12. The molecule has 0 radical (unpaired) electrons. The van der Waals surface area contributed by atoms with E-state index in [1.54, 1.807) is 0 Å². The van der Waals surface area contributed by atoms with E-state index in [0.29, 0.717) is 17.5 Å². The highest BCUT2D eigenvalue weighted by molar-refractivity contribution is 5.34. The van der Waals surface area contributed by atoms with E-state index >= 15 is 0 Å². The zero-order valence-corrected chi connectivity index (χ0v) is 19.1. The fourth-order valence-electron chi connectivity index (χ4n) is 3.52. The Hall–Kier alpha value is -3.30. The molecule has 194 valence electrons. The van der Waals surface area contributed by atoms with Crippen molar-refractivity contribution in [2.45, 2.75) is 51.5 Å². The number of hydrogen-bond donors (Lipinski definition) is 0. The highest BCUT2D eigenvalue weighted by Gasteiger charge is 2.37. The molecule has 0 aliphatic heterocycles. The first-order valence-electron chi connectivity index (χ1n) is 11.1. The fraction of sp³-hybridized carbons (Fsp3) is 0.308. The van der Waals surface area contributed by atoms with Gasteiger partial charge in [-0.2, -0.15) is 8.78 Å². The number of rotatable bonds is 10. The number of alkyl halides is 5. The first-order valence-corrected chi connectivity index (χ1v) is 11.1. The van der Waals surface area contributed by atoms with Gasteiger partial charge >= 0.3 is 12.5 Å². The van der Waals surface area contributed by atoms with Gasteiger partial charge in [-0.05, 0) is 78.8 Å². The van der Waals surface area contributed by atoms with Crippen molar-refractivity contribution in [2.24, 2.45) is 0 Å². The molecule has 3 rings (SSSR count). The van der Waals surface area contributed by atoms with Crippen molar-refractivity contribution in [3.8, 4) is 11.5 Å². The molecule has 3 aromatic carbocycles. The number of ether oxygens (including phenoxy) is 2. The molecular weight excluding hydrogens is 496 g/mol. The molecule has 0 heterocycles. The zero-order chi connectivity index (χ0) is 26.5. The monoisotopic (exact) mass is 518 g/mol. The molecule has 10 heteroatoms. The normalized spacial score (nSPS) is 12.0. The molecule has 0 aliphatic carbocycles. The lowest BCUT2D eigenvalue weighted by atomic mass is 10.0. The van der Waals surface area contributed by atoms with E-state index in [1.807, 2.05) is 6.92 Å². The van der Waals surface area contributed by atoms with Crippen molar-refractivity contribution in [3.63, 3.8) is 0 Å². The molecule has 2 nitrogen and oxygen atoms in total. The van der Waals surface area contributed by atoms with Crippen LogP contribution in [0.3, 0.4) is 0 Å². The third kappa shape index (κ3) is 7.35. The number of aryl methyl sites for hydroxylation is 3. The van der Waals surface area contributed by atoms with Crippen LogP contribution >= 0.6 is 0 Å². The fourth-order valence-corrected chi connectivity index (χ4v) is 3.52. The standard InChI is InChI=1S/C26H22F8O2/c1-2-3-4-17-9-12-20(21(27)13-17)25(30,31)35-19-10-7-16(8-11-19)5-6-18-14-22(28)24(23(29)15-18)36-26(32,33)34/h7-15H,2-6H2,1H3. The molecule has 3 aromatic rings. The Morgan fingerprint density at radius 3 is 1.75 bits per heavy atom. The van der Waals surface area contributed by atoms with E-state index in [-0.39, 0.29) is 24.2 Å². The molecule has 0 spiro atoms. The van der Waals surface area contributed by atoms with E-state index in [0.717, 1.165) is 37.1 Å². The van der Waals surface area contributed by atoms with Crippen molar-refractivity contribution in [1.29, 1.82) is 0 Å². The summed E-state index contributed by atoms with van der Waals surface area (Å²) in [7, 11) is 0. The van der Waals surface area contributed by atoms with Gasteiger partial charge in [-0.25, -0.2) is 13.2 Å². The van der Waals surface area contributed by atoms with E-state index in [2.05, 4.69) is 4.74 Å². The molecule has 0 N–H and O–H groups in total. The molecule has 0 fully saturated rings. The quantitative estimate of drug-likeness (QED) is 0.252. The summed E-state index contributed by atoms with van der Waals surface area (Å²) in [5.41, 5.74) is 0.368. The largest absolute Gasteiger partial charge is 0.573 e. The average molecular weight is 518 g/mol. The topological polar surface area (TPSA) is 18.5 Å². The number of unbranched alkanes of at least 4 members (excludes halogenated alkanes) is 1. The molecule has 0 aliphatic rings. The van der Waals surface area contributed by atoms with Gasteiger partial charge in [0.05, 0.1) is 5.56 Å². The van der Waals surface area contributed by atoms with Gasteiger partial charge in [-0.1, -0.05) is 31.5 Å². The molecule has 0 amide bonds. The van der Waals surface area contributed by atoms with Crippen LogP contribution in [0.25, 0.3) is 0 Å². The molecular formula is C26H22F8O2. The Morgan fingerprint density at radius 2 is 1.19 bits per heavy atom. The van der Waals surface area contributed by atoms with Gasteiger partial charge in [-0.3, -0.25) is 0 Å². The summed E-state index contributed by atoms with van der Waals surface area (Å²) in [5, 5.41) is 0. The lowest BCUT2D eigenvalue weighted by Gasteiger charge is -2.19. The van der Waals surface area contributed by atoms with Gasteiger partial charge in [0, 0.05) is 0 Å². The summed E-state index contributed by atoms with van der Waals surface area (Å²) >= 11 is 0. The molecule has 0 bridgehead atoms. The maximum absolute atomic E-state index is 14.6. The summed E-state index contributed by atoms with van der Waals surface area (Å²) in [6.07, 6.45) is -6.66. The third-order valence-electron chi connectivity index (χ3n) is 5.31. The Balaban J connectivity index is 1.63. The Morgan fingerprint density at radius 1 is 0.639 bits per heavy atom. The average Bonchev–Trinajstić information content (AvgIpc) is 2.78. The maximum atomic E-state index is 14.6. The van der Waals surface area contributed by atoms with E-state index in [4.69, 9.17) is 4.74 Å². The van der Waals surface area contributed by atoms with Crippen molar-refractivity contribution < 1.29 is 44.6 Å². The summed E-state index contributed by atoms with van der Waals surface area (Å²) < 4.78 is 116. The minimum absolute atomic E-state index is 0.0477. The Kier molecular flexibility index (Phi) is 8.47. The van der Waals surface area contributed by atoms with Crippen molar-refractivity contribution in [2.75, 3.05) is 0 Å². The number of halogens is 8. The maximum Gasteiger partial charge on any atom is 0.573 e. The number of hydrogen-bond acceptors (Lipinski definition) is 2. The highest BCUT2D eigenvalue weighted by Crippen LogP contribution is 2.34. The van der Waals surface area contributed by atoms with Gasteiger partial charge in [0.1, 0.15) is 11.6 Å². The highest BCUT2D eigenvalue weighted by atomic mass is 19.4. The zero-order valence-electron chi connectivity index (χ0n) is 19.1. The SMILES string of the molecule is CCCCc1ccc(C(F)(F)Oc2ccc(CCc3cc(F)c(OC(F)(F)F)c(F)c3)cc2)c(F)c1. The van der Waals surface area contributed by atoms with Gasteiger partial charge in [0.25, 0.3) is 0 Å². The van der Waals surface area contributed by atoms with Crippen LogP contribution in [0.2, 0.25) is 0 Å². The van der Waals surface area contributed by atoms with Crippen LogP contribution in [-0.2, 0) is 25.4 Å². The van der Waals surface area contributed by atoms with Gasteiger partial charge in [0.15, 0.2) is 11.6 Å². The van der Waals surface area contributed by atoms with Gasteiger partial charge in [-0.15, -0.1) is 13.2 Å². The van der Waals surface area contributed by atoms with Crippen molar-refractivity contribution in [3.05, 3.63) is 94.3 Å². The minimum Gasteiger partial charge on any atom is -0.429 e. The van der Waals surface area contributed by atoms with Gasteiger partial charge in [0.2, 0.25) is 5.75 Å². The van der Waals surface area contributed by atoms with Crippen LogP contribution in [0, 0.1) is 17.5 Å². The molecule has 36 heavy (non-hydrogen) atoms. The predicted octanol–water partition coefficient (Wildman–Crippen LogP) is 8.26. The van der Waals surface area contributed by atoms with Crippen LogP contribution in [0.5, 0.6) is 11.5 Å². The van der Waals surface area contributed by atoms with Crippen LogP contribution in [0.4, 0.5) is 35.1 Å². The summed E-state index contributed by atoms with van der Waals surface area (Å²) in [5.74, 6) is -5.85. The Labute approximate surface area is 202 Å². The van der Waals surface area contributed by atoms with E-state index in [1.165, 1.54) is 30.3 Å². The van der Waals surface area contributed by atoms with Crippen LogP contribution in [0.15, 0.2) is 54.6 Å². The molecule has 0 saturated heterocycles. The first kappa shape index (κ1) is 27.3. The predicted molar refractivity (Wildman–Crippen MR) is 116 cm³/mol. The number of benzene rings is 3. The summed E-state index contributed by atoms with van der Waals surface area (Å²) in [6, 6.07) is 10.3. The molecule has 0 unspecified atom stereocenters. The third-order valence-corrected chi connectivity index (χ3v) is 5.31. The smallest absolute Gasteiger partial charge is 0.429 e. The second kappa shape index (κ2) is 11.2. The summed E-state index contributed by atoms with van der Waals surface area (Å²) in [6.45, 7) is 1.96. The first-order chi connectivity index (χ1) is 16.9. The van der Waals surface area contributed by atoms with Crippen molar-refractivity contribution >= 4 is 0 Å². The second-order valence-electron chi connectivity index (χ2n) is 8.12. The molecule has 0 aromatic heterocycles. The lowest BCUT2D eigenvalue weighted by molar-refractivity contribution is -0.276. The minimum atomic E-state index is -5.24. The molecule has 0 atom stereocenters. The van der Waals surface area contributed by atoms with Crippen LogP contribution < -0.4 is 9.47 Å². The lowest BCUT2D eigenvalue weighted by Crippen LogP contribution is -2.23. The van der Waals surface area contributed by atoms with E-state index < -0.39 is 41.2 Å². The van der Waals surface area contributed by atoms with Gasteiger partial charge < -0.3 is 9.47 Å². The summed E-state index contributed by atoms with van der Waals surface area (Å²) in [4.78, 5) is 0. The Bertz CT molecular complexity index is 1150. The van der Waals surface area contributed by atoms with Crippen molar-refractivity contribution in [1.82, 2.24) is 0 Å².